The number of rotatable bonds is 8. The van der Waals surface area contributed by atoms with Crippen LogP contribution in [0, 0.1) is 11.7 Å². The standard InChI is InChI=1S/C22H24FNO4S2.C2H6/c1-4-6-16-9-11-19(12-10-16)30(26,27)21-22(29(25)14-15(2)3)28-20(24-21)17-7-5-8-18(23)13-17;1-2/h5,7-13,15H,4,6,14H2,1-3H3;1-2H3. The predicted molar refractivity (Wildman–Crippen MR) is 125 cm³/mol. The van der Waals surface area contributed by atoms with Crippen molar-refractivity contribution in [1.82, 2.24) is 4.98 Å². The van der Waals surface area contributed by atoms with E-state index in [1.807, 2.05) is 34.6 Å². The van der Waals surface area contributed by atoms with E-state index in [1.54, 1.807) is 18.2 Å². The maximum atomic E-state index is 13.6. The lowest BCUT2D eigenvalue weighted by Gasteiger charge is -2.06. The van der Waals surface area contributed by atoms with E-state index >= 15 is 0 Å². The summed E-state index contributed by atoms with van der Waals surface area (Å²) in [6.45, 7) is 9.80. The third kappa shape index (κ3) is 6.13. The van der Waals surface area contributed by atoms with E-state index in [0.717, 1.165) is 18.4 Å². The molecule has 0 saturated heterocycles. The molecule has 1 atom stereocenters. The fraction of sp³-hybridized carbons (Fsp3) is 0.375. The fourth-order valence-electron chi connectivity index (χ4n) is 2.96. The highest BCUT2D eigenvalue weighted by molar-refractivity contribution is 7.92. The van der Waals surface area contributed by atoms with Gasteiger partial charge in [0.15, 0.2) is 0 Å². The van der Waals surface area contributed by atoms with Crippen LogP contribution in [0.25, 0.3) is 11.5 Å². The van der Waals surface area contributed by atoms with Crippen molar-refractivity contribution in [1.29, 1.82) is 0 Å². The average molecular weight is 480 g/mol. The van der Waals surface area contributed by atoms with Crippen LogP contribution < -0.4 is 0 Å². The van der Waals surface area contributed by atoms with Crippen LogP contribution in [0.1, 0.15) is 46.6 Å². The van der Waals surface area contributed by atoms with Crippen molar-refractivity contribution < 1.29 is 21.4 Å². The first-order valence-corrected chi connectivity index (χ1v) is 13.5. The van der Waals surface area contributed by atoms with Crippen LogP contribution in [0.4, 0.5) is 4.39 Å². The van der Waals surface area contributed by atoms with Crippen molar-refractivity contribution in [3.05, 3.63) is 59.9 Å². The highest BCUT2D eigenvalue weighted by Crippen LogP contribution is 2.32. The number of benzene rings is 2. The van der Waals surface area contributed by atoms with E-state index in [4.69, 9.17) is 4.42 Å². The molecule has 0 aliphatic carbocycles. The minimum atomic E-state index is -4.07. The van der Waals surface area contributed by atoms with E-state index in [-0.39, 0.29) is 38.1 Å². The number of hydrogen-bond acceptors (Lipinski definition) is 5. The van der Waals surface area contributed by atoms with Gasteiger partial charge >= 0.3 is 0 Å². The topological polar surface area (TPSA) is 77.2 Å². The molecule has 1 aromatic heterocycles. The fourth-order valence-corrected chi connectivity index (χ4v) is 5.92. The average Bonchev–Trinajstić information content (AvgIpc) is 3.22. The summed E-state index contributed by atoms with van der Waals surface area (Å²) in [4.78, 5) is 4.19. The number of oxazole rings is 1. The van der Waals surface area contributed by atoms with Gasteiger partial charge in [0.2, 0.25) is 25.8 Å². The van der Waals surface area contributed by atoms with Gasteiger partial charge in [0.25, 0.3) is 0 Å². The Labute approximate surface area is 192 Å². The Hall–Kier alpha value is -2.32. The smallest absolute Gasteiger partial charge is 0.230 e. The summed E-state index contributed by atoms with van der Waals surface area (Å²) in [7, 11) is -5.78. The van der Waals surface area contributed by atoms with Crippen molar-refractivity contribution in [3.63, 3.8) is 0 Å². The molecule has 174 valence electrons. The van der Waals surface area contributed by atoms with E-state index in [2.05, 4.69) is 4.98 Å². The lowest BCUT2D eigenvalue weighted by Crippen LogP contribution is -2.10. The van der Waals surface area contributed by atoms with Crippen LogP contribution in [0.15, 0.2) is 68.0 Å². The first-order chi connectivity index (χ1) is 15.2. The molecule has 2 aromatic carbocycles. The van der Waals surface area contributed by atoms with Gasteiger partial charge in [0.1, 0.15) is 5.82 Å². The Morgan fingerprint density at radius 3 is 2.31 bits per heavy atom. The summed E-state index contributed by atoms with van der Waals surface area (Å²) in [5.41, 5.74) is 1.30. The SMILES string of the molecule is CC.CCCc1ccc(S(=O)(=O)c2nc(-c3cccc(F)c3)oc2S(=O)CC(C)C)cc1. The number of sulfone groups is 1. The van der Waals surface area contributed by atoms with Gasteiger partial charge in [-0.05, 0) is 48.2 Å². The van der Waals surface area contributed by atoms with E-state index < -0.39 is 26.5 Å². The van der Waals surface area contributed by atoms with Crippen LogP contribution in [-0.4, -0.2) is 23.4 Å². The molecule has 0 aliphatic rings. The molecule has 5 nitrogen and oxygen atoms in total. The van der Waals surface area contributed by atoms with Crippen LogP contribution in [0.2, 0.25) is 0 Å². The Balaban J connectivity index is 0.00000176. The van der Waals surface area contributed by atoms with Gasteiger partial charge in [-0.3, -0.25) is 4.21 Å². The van der Waals surface area contributed by atoms with Gasteiger partial charge < -0.3 is 4.42 Å². The third-order valence-corrected chi connectivity index (χ3v) is 7.82. The minimum absolute atomic E-state index is 0.0456. The molecule has 0 N–H and O–H groups in total. The van der Waals surface area contributed by atoms with Crippen molar-refractivity contribution in [2.24, 2.45) is 5.92 Å². The first kappa shape index (κ1) is 25.9. The lowest BCUT2D eigenvalue weighted by molar-refractivity contribution is 0.459. The lowest BCUT2D eigenvalue weighted by atomic mass is 10.1. The monoisotopic (exact) mass is 479 g/mol. The molecule has 0 radical (unpaired) electrons. The Kier molecular flexibility index (Phi) is 9.33. The molecule has 0 aliphatic heterocycles. The molecule has 3 aromatic rings. The van der Waals surface area contributed by atoms with Crippen molar-refractivity contribution >= 4 is 20.6 Å². The summed E-state index contributed by atoms with van der Waals surface area (Å²) in [5.74, 6) is -0.317. The third-order valence-electron chi connectivity index (χ3n) is 4.36. The molecule has 0 spiro atoms. The van der Waals surface area contributed by atoms with Crippen LogP contribution >= 0.6 is 0 Å². The Morgan fingerprint density at radius 1 is 1.09 bits per heavy atom. The second-order valence-corrected chi connectivity index (χ2v) is 10.7. The highest BCUT2D eigenvalue weighted by atomic mass is 32.2. The molecule has 0 saturated carbocycles. The van der Waals surface area contributed by atoms with Gasteiger partial charge in [-0.1, -0.05) is 59.2 Å². The quantitative estimate of drug-likeness (QED) is 0.393. The number of halogens is 1. The number of hydrogen-bond donors (Lipinski definition) is 0. The summed E-state index contributed by atoms with van der Waals surface area (Å²) in [6.07, 6.45) is 1.79. The number of aromatic nitrogens is 1. The molecule has 0 amide bonds. The molecule has 1 heterocycles. The Bertz CT molecular complexity index is 1150. The van der Waals surface area contributed by atoms with Crippen molar-refractivity contribution in [2.75, 3.05) is 5.75 Å². The zero-order valence-corrected chi connectivity index (χ0v) is 20.7. The predicted octanol–water partition coefficient (Wildman–Crippen LogP) is 6.06. The van der Waals surface area contributed by atoms with Gasteiger partial charge in [-0.15, -0.1) is 0 Å². The first-order valence-electron chi connectivity index (χ1n) is 10.7. The normalized spacial score (nSPS) is 12.3. The second kappa shape index (κ2) is 11.5. The highest BCUT2D eigenvalue weighted by Gasteiger charge is 2.31. The molecule has 8 heteroatoms. The number of nitrogens with zero attached hydrogens (tertiary/aromatic N) is 1. The summed E-state index contributed by atoms with van der Waals surface area (Å²) < 4.78 is 58.7. The van der Waals surface area contributed by atoms with Crippen molar-refractivity contribution in [2.45, 2.75) is 62.5 Å². The second-order valence-electron chi connectivity index (χ2n) is 7.43. The zero-order chi connectivity index (χ0) is 23.9. The maximum absolute atomic E-state index is 13.6. The molecule has 32 heavy (non-hydrogen) atoms. The van der Waals surface area contributed by atoms with Crippen LogP contribution in [0.5, 0.6) is 0 Å². The van der Waals surface area contributed by atoms with E-state index in [9.17, 15) is 17.0 Å². The minimum Gasteiger partial charge on any atom is -0.426 e. The van der Waals surface area contributed by atoms with E-state index in [0.29, 0.717) is 0 Å². The summed E-state index contributed by atoms with van der Waals surface area (Å²) in [5, 5.41) is -0.593. The molecule has 3 rings (SSSR count). The van der Waals surface area contributed by atoms with E-state index in [1.165, 1.54) is 30.3 Å². The summed E-state index contributed by atoms with van der Waals surface area (Å²) >= 11 is 0. The molecule has 0 fully saturated rings. The molecule has 0 bridgehead atoms. The van der Waals surface area contributed by atoms with Crippen LogP contribution in [-0.2, 0) is 27.1 Å². The molecular weight excluding hydrogens is 449 g/mol. The van der Waals surface area contributed by atoms with Crippen LogP contribution in [0.3, 0.4) is 0 Å². The van der Waals surface area contributed by atoms with Gasteiger partial charge in [-0.25, -0.2) is 12.8 Å². The largest absolute Gasteiger partial charge is 0.426 e. The number of aryl methyl sites for hydroxylation is 1. The van der Waals surface area contributed by atoms with Crippen molar-refractivity contribution in [3.8, 4) is 11.5 Å². The Morgan fingerprint density at radius 2 is 1.75 bits per heavy atom. The molecule has 1 unspecified atom stereocenters. The maximum Gasteiger partial charge on any atom is 0.230 e. The van der Waals surface area contributed by atoms with Gasteiger partial charge in [0.05, 0.1) is 15.7 Å². The zero-order valence-electron chi connectivity index (χ0n) is 19.1. The molecular formula is C24H30FNO4S2. The van der Waals surface area contributed by atoms with Gasteiger partial charge in [-0.2, -0.15) is 4.98 Å². The van der Waals surface area contributed by atoms with Gasteiger partial charge in [0, 0.05) is 11.3 Å². The summed E-state index contributed by atoms with van der Waals surface area (Å²) in [6, 6.07) is 12.0.